The van der Waals surface area contributed by atoms with Gasteiger partial charge in [0.2, 0.25) is 5.91 Å². The van der Waals surface area contributed by atoms with Crippen molar-refractivity contribution in [1.29, 1.82) is 0 Å². The zero-order valence-corrected chi connectivity index (χ0v) is 14.7. The first kappa shape index (κ1) is 18.5. The summed E-state index contributed by atoms with van der Waals surface area (Å²) < 4.78 is 0. The lowest BCUT2D eigenvalue weighted by molar-refractivity contribution is -0.121. The third-order valence-electron chi connectivity index (χ3n) is 3.32. The normalized spacial score (nSPS) is 23.1. The highest BCUT2D eigenvalue weighted by Gasteiger charge is 2.33. The van der Waals surface area contributed by atoms with Crippen LogP contribution in [0.3, 0.4) is 0 Å². The number of amides is 1. The molecule has 0 heterocycles. The topological polar surface area (TPSA) is 65.5 Å². The van der Waals surface area contributed by atoms with Crippen LogP contribution in [-0.4, -0.2) is 37.5 Å². The van der Waals surface area contributed by atoms with Gasteiger partial charge >= 0.3 is 0 Å². The second-order valence-electron chi connectivity index (χ2n) is 5.09. The molecule has 1 fully saturated rings. The minimum absolute atomic E-state index is 0. The first-order valence-corrected chi connectivity index (χ1v) is 6.83. The van der Waals surface area contributed by atoms with Crippen molar-refractivity contribution >= 4 is 35.8 Å². The predicted molar refractivity (Wildman–Crippen MR) is 90.0 cm³/mol. The van der Waals surface area contributed by atoms with E-state index in [-0.39, 0.29) is 35.9 Å². The predicted octanol–water partition coefficient (Wildman–Crippen LogP) is 1.48. The molecule has 0 bridgehead atoms. The van der Waals surface area contributed by atoms with E-state index in [1.165, 1.54) is 6.42 Å². The van der Waals surface area contributed by atoms with E-state index in [2.05, 4.69) is 34.8 Å². The fraction of sp³-hybridized carbons (Fsp3) is 0.846. The number of hydrogen-bond acceptors (Lipinski definition) is 2. The molecule has 0 aliphatic heterocycles. The van der Waals surface area contributed by atoms with E-state index in [1.807, 2.05) is 6.92 Å². The van der Waals surface area contributed by atoms with Crippen LogP contribution in [0.2, 0.25) is 0 Å². The molecule has 3 unspecified atom stereocenters. The Balaban J connectivity index is 0.00000324. The largest absolute Gasteiger partial charge is 0.356 e. The second-order valence-corrected chi connectivity index (χ2v) is 5.09. The van der Waals surface area contributed by atoms with E-state index in [1.54, 1.807) is 7.05 Å². The first-order chi connectivity index (χ1) is 8.56. The summed E-state index contributed by atoms with van der Waals surface area (Å²) in [6.45, 7) is 6.90. The fourth-order valence-electron chi connectivity index (χ4n) is 1.64. The number of guanidine groups is 1. The molecule has 1 aliphatic rings. The van der Waals surface area contributed by atoms with Gasteiger partial charge in [0.1, 0.15) is 0 Å². The van der Waals surface area contributed by atoms with E-state index in [9.17, 15) is 4.79 Å². The first-order valence-electron chi connectivity index (χ1n) is 6.83. The molecule has 0 spiro atoms. The maximum Gasteiger partial charge on any atom is 0.221 e. The summed E-state index contributed by atoms with van der Waals surface area (Å²) in [5, 5.41) is 9.43. The molecule has 1 rings (SSSR count). The van der Waals surface area contributed by atoms with Crippen molar-refractivity contribution < 1.29 is 4.79 Å². The van der Waals surface area contributed by atoms with Crippen LogP contribution >= 0.6 is 24.0 Å². The quantitative estimate of drug-likeness (QED) is 0.371. The van der Waals surface area contributed by atoms with Crippen LogP contribution in [0.25, 0.3) is 0 Å². The molecular formula is C13H27IN4O. The van der Waals surface area contributed by atoms with Gasteiger partial charge in [0, 0.05) is 32.1 Å². The van der Waals surface area contributed by atoms with E-state index in [4.69, 9.17) is 0 Å². The molecular weight excluding hydrogens is 355 g/mol. The summed E-state index contributed by atoms with van der Waals surface area (Å²) in [5.41, 5.74) is 0. The van der Waals surface area contributed by atoms with Crippen LogP contribution in [0.5, 0.6) is 0 Å². The third-order valence-corrected chi connectivity index (χ3v) is 3.32. The summed E-state index contributed by atoms with van der Waals surface area (Å²) in [6.07, 6.45) is 2.64. The number of carbonyl (C=O) groups excluding carboxylic acids is 1. The highest BCUT2D eigenvalue weighted by atomic mass is 127. The molecule has 19 heavy (non-hydrogen) atoms. The van der Waals surface area contributed by atoms with Crippen molar-refractivity contribution in [2.75, 3.05) is 13.6 Å². The van der Waals surface area contributed by atoms with Crippen molar-refractivity contribution in [2.24, 2.45) is 10.9 Å². The van der Waals surface area contributed by atoms with Gasteiger partial charge in [-0.1, -0.05) is 13.8 Å². The molecule has 0 radical (unpaired) electrons. The van der Waals surface area contributed by atoms with Crippen molar-refractivity contribution in [3.05, 3.63) is 0 Å². The van der Waals surface area contributed by atoms with Gasteiger partial charge in [-0.25, -0.2) is 0 Å². The van der Waals surface area contributed by atoms with Crippen LogP contribution in [0.15, 0.2) is 4.99 Å². The average Bonchev–Trinajstić information content (AvgIpc) is 3.03. The standard InChI is InChI=1S/C13H26N4O.HI/c1-5-10(3)16-12(18)6-7-15-13(14-4)17-11-8-9(11)2;/h9-11H,5-8H2,1-4H3,(H,16,18)(H2,14,15,17);1H. The number of rotatable bonds is 6. The van der Waals surface area contributed by atoms with Crippen LogP contribution in [-0.2, 0) is 4.79 Å². The van der Waals surface area contributed by atoms with Gasteiger partial charge < -0.3 is 16.0 Å². The summed E-state index contributed by atoms with van der Waals surface area (Å²) in [6, 6.07) is 0.799. The number of aliphatic imine (C=N–C) groups is 1. The summed E-state index contributed by atoms with van der Waals surface area (Å²) in [7, 11) is 1.75. The number of nitrogens with zero attached hydrogens (tertiary/aromatic N) is 1. The smallest absolute Gasteiger partial charge is 0.221 e. The molecule has 112 valence electrons. The molecule has 1 saturated carbocycles. The Morgan fingerprint density at radius 1 is 1.47 bits per heavy atom. The fourth-order valence-corrected chi connectivity index (χ4v) is 1.64. The average molecular weight is 382 g/mol. The Morgan fingerprint density at radius 3 is 2.58 bits per heavy atom. The molecule has 5 nitrogen and oxygen atoms in total. The highest BCUT2D eigenvalue weighted by Crippen LogP contribution is 2.28. The molecule has 0 aromatic heterocycles. The number of nitrogens with one attached hydrogen (secondary N) is 3. The van der Waals surface area contributed by atoms with Crippen LogP contribution in [0, 0.1) is 5.92 Å². The zero-order valence-electron chi connectivity index (χ0n) is 12.3. The zero-order chi connectivity index (χ0) is 13.5. The van der Waals surface area contributed by atoms with Gasteiger partial charge in [-0.3, -0.25) is 9.79 Å². The Hall–Kier alpha value is -0.530. The SMILES string of the molecule is CCC(C)NC(=O)CCNC(=NC)NC1CC1C.I. The van der Waals surface area contributed by atoms with Crippen molar-refractivity contribution in [2.45, 2.75) is 52.1 Å². The van der Waals surface area contributed by atoms with Crippen molar-refractivity contribution in [3.8, 4) is 0 Å². The highest BCUT2D eigenvalue weighted by molar-refractivity contribution is 14.0. The van der Waals surface area contributed by atoms with Crippen molar-refractivity contribution in [3.63, 3.8) is 0 Å². The summed E-state index contributed by atoms with van der Waals surface area (Å²) >= 11 is 0. The lowest BCUT2D eigenvalue weighted by Crippen LogP contribution is -2.41. The van der Waals surface area contributed by atoms with Crippen LogP contribution in [0.4, 0.5) is 0 Å². The van der Waals surface area contributed by atoms with Gasteiger partial charge in [-0.15, -0.1) is 24.0 Å². The molecule has 0 aromatic rings. The van der Waals surface area contributed by atoms with Gasteiger partial charge in [0.15, 0.2) is 5.96 Å². The van der Waals surface area contributed by atoms with Gasteiger partial charge in [0.05, 0.1) is 0 Å². The van der Waals surface area contributed by atoms with E-state index in [0.717, 1.165) is 18.3 Å². The van der Waals surface area contributed by atoms with E-state index in [0.29, 0.717) is 19.0 Å². The molecule has 1 amide bonds. The maximum atomic E-state index is 11.6. The lowest BCUT2D eigenvalue weighted by atomic mass is 10.2. The number of carbonyl (C=O) groups is 1. The van der Waals surface area contributed by atoms with E-state index >= 15 is 0 Å². The van der Waals surface area contributed by atoms with Gasteiger partial charge in [0.25, 0.3) is 0 Å². The molecule has 3 atom stereocenters. The number of halogens is 1. The minimum Gasteiger partial charge on any atom is -0.356 e. The minimum atomic E-state index is 0. The Morgan fingerprint density at radius 2 is 2.11 bits per heavy atom. The Bertz CT molecular complexity index is 309. The lowest BCUT2D eigenvalue weighted by Gasteiger charge is -2.13. The van der Waals surface area contributed by atoms with Gasteiger partial charge in [-0.2, -0.15) is 0 Å². The Kier molecular flexibility index (Phi) is 9.12. The third kappa shape index (κ3) is 7.59. The molecule has 0 aromatic carbocycles. The molecule has 3 N–H and O–H groups in total. The Labute approximate surface area is 133 Å². The molecule has 1 aliphatic carbocycles. The summed E-state index contributed by atoms with van der Waals surface area (Å²) in [4.78, 5) is 15.7. The number of hydrogen-bond donors (Lipinski definition) is 3. The summed E-state index contributed by atoms with van der Waals surface area (Å²) in [5.74, 6) is 1.62. The van der Waals surface area contributed by atoms with Crippen molar-refractivity contribution in [1.82, 2.24) is 16.0 Å². The van der Waals surface area contributed by atoms with Gasteiger partial charge in [-0.05, 0) is 25.7 Å². The molecule has 6 heteroatoms. The van der Waals surface area contributed by atoms with E-state index < -0.39 is 0 Å². The second kappa shape index (κ2) is 9.39. The molecule has 0 saturated heterocycles. The van der Waals surface area contributed by atoms with Crippen LogP contribution < -0.4 is 16.0 Å². The van der Waals surface area contributed by atoms with Crippen LogP contribution in [0.1, 0.15) is 40.0 Å². The maximum absolute atomic E-state index is 11.6. The monoisotopic (exact) mass is 382 g/mol.